The minimum atomic E-state index is -0.393. The van der Waals surface area contributed by atoms with E-state index in [-0.39, 0.29) is 5.91 Å². The molecule has 1 N–H and O–H groups in total. The zero-order valence-corrected chi connectivity index (χ0v) is 10.6. The number of halogens is 1. The number of aryl methyl sites for hydroxylation is 2. The summed E-state index contributed by atoms with van der Waals surface area (Å²) in [5, 5.41) is 3.72. The van der Waals surface area contributed by atoms with E-state index in [4.69, 9.17) is 4.42 Å². The van der Waals surface area contributed by atoms with Crippen molar-refractivity contribution in [3.05, 3.63) is 58.8 Å². The van der Waals surface area contributed by atoms with Crippen LogP contribution in [-0.2, 0) is 0 Å². The molecule has 0 unspecified atom stereocenters. The molecular weight excluding hydrogens is 247 g/mol. The van der Waals surface area contributed by atoms with E-state index >= 15 is 0 Å². The van der Waals surface area contributed by atoms with Crippen molar-refractivity contribution in [1.82, 2.24) is 5.43 Å². The van der Waals surface area contributed by atoms with Crippen LogP contribution in [0.3, 0.4) is 0 Å². The van der Waals surface area contributed by atoms with E-state index in [1.807, 2.05) is 0 Å². The lowest BCUT2D eigenvalue weighted by molar-refractivity contribution is 0.0953. The molecule has 98 valence electrons. The Morgan fingerprint density at radius 1 is 1.37 bits per heavy atom. The Morgan fingerprint density at radius 3 is 2.74 bits per heavy atom. The van der Waals surface area contributed by atoms with Crippen LogP contribution in [0.4, 0.5) is 4.39 Å². The Labute approximate surface area is 109 Å². The van der Waals surface area contributed by atoms with Crippen LogP contribution in [0.5, 0.6) is 0 Å². The van der Waals surface area contributed by atoms with Gasteiger partial charge in [0.25, 0.3) is 5.91 Å². The van der Waals surface area contributed by atoms with Gasteiger partial charge in [-0.2, -0.15) is 5.10 Å². The second-order valence-electron chi connectivity index (χ2n) is 4.05. The second kappa shape index (κ2) is 5.48. The number of hydrogen-bond acceptors (Lipinski definition) is 3. The summed E-state index contributed by atoms with van der Waals surface area (Å²) in [6.45, 7) is 3.45. The molecule has 1 amide bonds. The van der Waals surface area contributed by atoms with E-state index in [9.17, 15) is 9.18 Å². The minimum Gasteiger partial charge on any atom is -0.466 e. The summed E-state index contributed by atoms with van der Waals surface area (Å²) in [5.74, 6) is 0.398. The molecule has 2 rings (SSSR count). The first kappa shape index (κ1) is 13.0. The van der Waals surface area contributed by atoms with Crippen LogP contribution in [0.25, 0.3) is 0 Å². The number of benzene rings is 1. The third-order valence-electron chi connectivity index (χ3n) is 2.56. The number of carbonyl (C=O) groups excluding carboxylic acids is 1. The van der Waals surface area contributed by atoms with E-state index in [0.717, 1.165) is 0 Å². The van der Waals surface area contributed by atoms with Crippen molar-refractivity contribution in [1.29, 1.82) is 0 Å². The molecule has 1 aromatic carbocycles. The van der Waals surface area contributed by atoms with Crippen LogP contribution >= 0.6 is 0 Å². The molecular formula is C14H13FN2O2. The Hall–Kier alpha value is -2.43. The highest BCUT2D eigenvalue weighted by atomic mass is 19.1. The van der Waals surface area contributed by atoms with Crippen LogP contribution in [0, 0.1) is 19.7 Å². The number of rotatable bonds is 3. The van der Waals surface area contributed by atoms with Crippen LogP contribution in [-0.4, -0.2) is 12.1 Å². The normalized spacial score (nSPS) is 10.9. The van der Waals surface area contributed by atoms with Gasteiger partial charge in [0.15, 0.2) is 0 Å². The monoisotopic (exact) mass is 260 g/mol. The van der Waals surface area contributed by atoms with Crippen molar-refractivity contribution >= 4 is 12.1 Å². The van der Waals surface area contributed by atoms with E-state index in [0.29, 0.717) is 22.6 Å². The van der Waals surface area contributed by atoms with E-state index in [1.165, 1.54) is 12.3 Å². The summed E-state index contributed by atoms with van der Waals surface area (Å²) in [6.07, 6.45) is 1.26. The highest BCUT2D eigenvalue weighted by Gasteiger charge is 2.12. The van der Waals surface area contributed by atoms with Gasteiger partial charge in [-0.1, -0.05) is 18.2 Å². The molecule has 4 nitrogen and oxygen atoms in total. The van der Waals surface area contributed by atoms with Crippen LogP contribution in [0.1, 0.15) is 27.4 Å². The molecule has 0 aliphatic rings. The van der Waals surface area contributed by atoms with E-state index < -0.39 is 5.82 Å². The minimum absolute atomic E-state index is 0.308. The van der Waals surface area contributed by atoms with E-state index in [1.54, 1.807) is 38.1 Å². The summed E-state index contributed by atoms with van der Waals surface area (Å²) < 4.78 is 18.5. The number of carbonyl (C=O) groups is 1. The predicted octanol–water partition coefficient (Wildman–Crippen LogP) is 2.80. The molecule has 0 aliphatic carbocycles. The molecule has 0 atom stereocenters. The zero-order chi connectivity index (χ0) is 13.8. The molecule has 0 saturated carbocycles. The highest BCUT2D eigenvalue weighted by Crippen LogP contribution is 2.13. The van der Waals surface area contributed by atoms with Crippen molar-refractivity contribution in [2.45, 2.75) is 13.8 Å². The number of furan rings is 1. The van der Waals surface area contributed by atoms with Gasteiger partial charge in [-0.25, -0.2) is 9.82 Å². The number of nitrogens with zero attached hydrogens (tertiary/aromatic N) is 1. The molecule has 5 heteroatoms. The summed E-state index contributed by atoms with van der Waals surface area (Å²) in [7, 11) is 0. The lowest BCUT2D eigenvalue weighted by Gasteiger charge is -1.98. The highest BCUT2D eigenvalue weighted by molar-refractivity contribution is 5.95. The standard InChI is InChI=1S/C14H13FN2O2/c1-9-7-12(10(2)19-9)14(18)17-16-8-11-5-3-4-6-13(11)15/h3-8H,1-2H3,(H,17,18)/b16-8+. The molecule has 1 heterocycles. The van der Waals surface area contributed by atoms with Crippen molar-refractivity contribution in [3.8, 4) is 0 Å². The zero-order valence-electron chi connectivity index (χ0n) is 10.6. The fourth-order valence-electron chi connectivity index (χ4n) is 1.66. The smallest absolute Gasteiger partial charge is 0.274 e. The van der Waals surface area contributed by atoms with Crippen LogP contribution < -0.4 is 5.43 Å². The van der Waals surface area contributed by atoms with Gasteiger partial charge >= 0.3 is 0 Å². The maximum atomic E-state index is 13.3. The average molecular weight is 260 g/mol. The molecule has 0 aliphatic heterocycles. The van der Waals surface area contributed by atoms with Gasteiger partial charge in [-0.3, -0.25) is 4.79 Å². The van der Waals surface area contributed by atoms with E-state index in [2.05, 4.69) is 10.5 Å². The molecule has 0 spiro atoms. The molecule has 0 radical (unpaired) electrons. The topological polar surface area (TPSA) is 54.6 Å². The first-order valence-corrected chi connectivity index (χ1v) is 5.73. The van der Waals surface area contributed by atoms with Gasteiger partial charge in [0.2, 0.25) is 0 Å². The Kier molecular flexibility index (Phi) is 3.75. The van der Waals surface area contributed by atoms with Crippen LogP contribution in [0.15, 0.2) is 39.9 Å². The number of hydrogen-bond donors (Lipinski definition) is 1. The van der Waals surface area contributed by atoms with Gasteiger partial charge in [0.1, 0.15) is 17.3 Å². The third kappa shape index (κ3) is 3.07. The SMILES string of the molecule is Cc1cc(C(=O)N/N=C/c2ccccc2F)c(C)o1. The summed E-state index contributed by atoms with van der Waals surface area (Å²) in [5.41, 5.74) is 3.06. The van der Waals surface area contributed by atoms with Crippen molar-refractivity contribution in [2.75, 3.05) is 0 Å². The summed E-state index contributed by atoms with van der Waals surface area (Å²) in [4.78, 5) is 11.8. The maximum Gasteiger partial charge on any atom is 0.274 e. The first-order chi connectivity index (χ1) is 9.08. The lowest BCUT2D eigenvalue weighted by atomic mass is 10.2. The largest absolute Gasteiger partial charge is 0.466 e. The number of amides is 1. The van der Waals surface area contributed by atoms with Gasteiger partial charge in [-0.15, -0.1) is 0 Å². The number of nitrogens with one attached hydrogen (secondary N) is 1. The molecule has 2 aromatic rings. The fraction of sp³-hybridized carbons (Fsp3) is 0.143. The maximum absolute atomic E-state index is 13.3. The first-order valence-electron chi connectivity index (χ1n) is 5.73. The van der Waals surface area contributed by atoms with Gasteiger partial charge in [-0.05, 0) is 26.0 Å². The average Bonchev–Trinajstić information content (AvgIpc) is 2.71. The van der Waals surface area contributed by atoms with Gasteiger partial charge in [0.05, 0.1) is 11.8 Å². The molecule has 0 fully saturated rings. The number of hydrazone groups is 1. The third-order valence-corrected chi connectivity index (χ3v) is 2.56. The second-order valence-corrected chi connectivity index (χ2v) is 4.05. The molecule has 0 bridgehead atoms. The molecule has 19 heavy (non-hydrogen) atoms. The quantitative estimate of drug-likeness (QED) is 0.681. The van der Waals surface area contributed by atoms with Gasteiger partial charge in [0, 0.05) is 5.56 Å². The molecule has 0 saturated heterocycles. The summed E-state index contributed by atoms with van der Waals surface area (Å²) in [6, 6.07) is 7.80. The Bertz CT molecular complexity index is 632. The summed E-state index contributed by atoms with van der Waals surface area (Å²) >= 11 is 0. The Morgan fingerprint density at radius 2 is 2.11 bits per heavy atom. The van der Waals surface area contributed by atoms with Gasteiger partial charge < -0.3 is 4.42 Å². The molecule has 1 aromatic heterocycles. The Balaban J connectivity index is 2.05. The van der Waals surface area contributed by atoms with Crippen LogP contribution in [0.2, 0.25) is 0 Å². The lowest BCUT2D eigenvalue weighted by Crippen LogP contribution is -2.17. The van der Waals surface area contributed by atoms with Crippen molar-refractivity contribution in [2.24, 2.45) is 5.10 Å². The predicted molar refractivity (Wildman–Crippen MR) is 69.6 cm³/mol. The fourth-order valence-corrected chi connectivity index (χ4v) is 1.66. The van der Waals surface area contributed by atoms with Crippen molar-refractivity contribution in [3.63, 3.8) is 0 Å². The van der Waals surface area contributed by atoms with Crippen molar-refractivity contribution < 1.29 is 13.6 Å².